The van der Waals surface area contributed by atoms with Crippen LogP contribution in [0.1, 0.15) is 17.4 Å². The Bertz CT molecular complexity index is 551. The van der Waals surface area contributed by atoms with Gasteiger partial charge >= 0.3 is 0 Å². The van der Waals surface area contributed by atoms with Crippen LogP contribution in [-0.4, -0.2) is 25.5 Å². The van der Waals surface area contributed by atoms with E-state index in [9.17, 15) is 13.5 Å². The highest BCUT2D eigenvalue weighted by Crippen LogP contribution is 2.34. The predicted octanol–water partition coefficient (Wildman–Crippen LogP) is 2.43. The molecule has 0 aliphatic heterocycles. The predicted molar refractivity (Wildman–Crippen MR) is 69.0 cm³/mol. The molecular formula is C10H12O3S3. The number of aliphatic hydroxyl groups is 1. The van der Waals surface area contributed by atoms with E-state index in [1.807, 2.05) is 17.5 Å². The van der Waals surface area contributed by atoms with Crippen LogP contribution in [0.15, 0.2) is 17.5 Å². The van der Waals surface area contributed by atoms with E-state index in [2.05, 4.69) is 0 Å². The van der Waals surface area contributed by atoms with Crippen molar-refractivity contribution in [2.75, 3.05) is 12.0 Å². The molecule has 0 saturated heterocycles. The number of hydrogen-bond acceptors (Lipinski definition) is 5. The standard InChI is InChI=1S/C10H12O3S3/c1-16(12,13)5-3-7(11)9-6-10-8(15-9)2-4-14-10/h2,4,6-7,11H,3,5H2,1H3. The molecule has 0 fully saturated rings. The van der Waals surface area contributed by atoms with Crippen molar-refractivity contribution in [3.8, 4) is 0 Å². The molecule has 0 bridgehead atoms. The molecule has 0 saturated carbocycles. The van der Waals surface area contributed by atoms with Crippen molar-refractivity contribution in [2.45, 2.75) is 12.5 Å². The summed E-state index contributed by atoms with van der Waals surface area (Å²) in [6.45, 7) is 0. The number of hydrogen-bond donors (Lipinski definition) is 1. The Labute approximate surface area is 102 Å². The third-order valence-electron chi connectivity index (χ3n) is 2.25. The smallest absolute Gasteiger partial charge is 0.147 e. The van der Waals surface area contributed by atoms with Gasteiger partial charge in [-0.25, -0.2) is 8.42 Å². The van der Waals surface area contributed by atoms with Gasteiger partial charge in [-0.05, 0) is 23.9 Å². The highest BCUT2D eigenvalue weighted by Gasteiger charge is 2.14. The van der Waals surface area contributed by atoms with E-state index in [4.69, 9.17) is 0 Å². The molecule has 1 N–H and O–H groups in total. The summed E-state index contributed by atoms with van der Waals surface area (Å²) in [5, 5.41) is 11.9. The monoisotopic (exact) mass is 276 g/mol. The van der Waals surface area contributed by atoms with Gasteiger partial charge in [-0.2, -0.15) is 0 Å². The first-order valence-electron chi connectivity index (χ1n) is 4.78. The zero-order chi connectivity index (χ0) is 11.8. The average molecular weight is 276 g/mol. The second-order valence-corrected chi connectivity index (χ2v) is 8.06. The molecule has 0 aliphatic carbocycles. The summed E-state index contributed by atoms with van der Waals surface area (Å²) in [7, 11) is -3.00. The Hall–Kier alpha value is -0.430. The molecule has 2 aromatic rings. The van der Waals surface area contributed by atoms with Gasteiger partial charge in [0.1, 0.15) is 9.84 Å². The summed E-state index contributed by atoms with van der Waals surface area (Å²) in [6.07, 6.45) is 0.790. The normalized spacial score (nSPS) is 14.4. The van der Waals surface area contributed by atoms with Gasteiger partial charge in [0.15, 0.2) is 0 Å². The lowest BCUT2D eigenvalue weighted by Gasteiger charge is -2.06. The van der Waals surface area contributed by atoms with Gasteiger partial charge < -0.3 is 5.11 Å². The SMILES string of the molecule is CS(=O)(=O)CCC(O)c1cc2sccc2s1. The number of thiophene rings is 2. The van der Waals surface area contributed by atoms with Crippen LogP contribution in [0.5, 0.6) is 0 Å². The molecule has 3 nitrogen and oxygen atoms in total. The summed E-state index contributed by atoms with van der Waals surface area (Å²) >= 11 is 3.16. The van der Waals surface area contributed by atoms with Gasteiger partial charge in [-0.1, -0.05) is 0 Å². The summed E-state index contributed by atoms with van der Waals surface area (Å²) in [5.41, 5.74) is 0. The Morgan fingerprint density at radius 1 is 1.44 bits per heavy atom. The van der Waals surface area contributed by atoms with Crippen LogP contribution >= 0.6 is 22.7 Å². The fraction of sp³-hybridized carbons (Fsp3) is 0.400. The molecule has 88 valence electrons. The minimum atomic E-state index is -3.00. The maximum Gasteiger partial charge on any atom is 0.147 e. The molecule has 1 atom stereocenters. The van der Waals surface area contributed by atoms with Gasteiger partial charge in [0.2, 0.25) is 0 Å². The van der Waals surface area contributed by atoms with E-state index in [-0.39, 0.29) is 12.2 Å². The minimum absolute atomic E-state index is 0.0275. The first-order valence-corrected chi connectivity index (χ1v) is 8.54. The van der Waals surface area contributed by atoms with Crippen LogP contribution in [0, 0.1) is 0 Å². The number of aliphatic hydroxyl groups excluding tert-OH is 1. The molecule has 0 aromatic carbocycles. The number of sulfone groups is 1. The van der Waals surface area contributed by atoms with Crippen molar-refractivity contribution < 1.29 is 13.5 Å². The maximum atomic E-state index is 11.0. The third kappa shape index (κ3) is 2.82. The van der Waals surface area contributed by atoms with Gasteiger partial charge in [0, 0.05) is 20.5 Å². The van der Waals surface area contributed by atoms with Crippen LogP contribution in [0.25, 0.3) is 9.40 Å². The van der Waals surface area contributed by atoms with Gasteiger partial charge in [-0.3, -0.25) is 0 Å². The Morgan fingerprint density at radius 3 is 2.81 bits per heavy atom. The van der Waals surface area contributed by atoms with E-state index in [0.717, 1.165) is 14.3 Å². The van der Waals surface area contributed by atoms with Crippen LogP contribution < -0.4 is 0 Å². The highest BCUT2D eigenvalue weighted by molar-refractivity contribution is 7.90. The lowest BCUT2D eigenvalue weighted by molar-refractivity contribution is 0.178. The number of rotatable bonds is 4. The quantitative estimate of drug-likeness (QED) is 0.933. The van der Waals surface area contributed by atoms with Crippen molar-refractivity contribution in [3.63, 3.8) is 0 Å². The molecule has 2 aromatic heterocycles. The summed E-state index contributed by atoms with van der Waals surface area (Å²) in [6, 6.07) is 3.95. The van der Waals surface area contributed by atoms with Gasteiger partial charge in [-0.15, -0.1) is 22.7 Å². The molecule has 0 amide bonds. The second kappa shape index (κ2) is 4.44. The van der Waals surface area contributed by atoms with Crippen molar-refractivity contribution >= 4 is 41.9 Å². The first-order chi connectivity index (χ1) is 7.46. The average Bonchev–Trinajstić information content (AvgIpc) is 2.71. The van der Waals surface area contributed by atoms with Crippen molar-refractivity contribution in [2.24, 2.45) is 0 Å². The molecule has 0 aliphatic rings. The third-order valence-corrected chi connectivity index (χ3v) is 5.42. The van der Waals surface area contributed by atoms with E-state index in [1.165, 1.54) is 17.6 Å². The van der Waals surface area contributed by atoms with E-state index < -0.39 is 15.9 Å². The topological polar surface area (TPSA) is 54.4 Å². The fourth-order valence-corrected chi connectivity index (χ4v) is 4.21. The fourth-order valence-electron chi connectivity index (χ4n) is 1.42. The Morgan fingerprint density at radius 2 is 2.19 bits per heavy atom. The summed E-state index contributed by atoms with van der Waals surface area (Å²) in [4.78, 5) is 0.852. The molecule has 0 spiro atoms. The molecular weight excluding hydrogens is 264 g/mol. The van der Waals surface area contributed by atoms with Crippen molar-refractivity contribution in [1.82, 2.24) is 0 Å². The molecule has 2 rings (SSSR count). The maximum absolute atomic E-state index is 11.0. The molecule has 1 unspecified atom stereocenters. The zero-order valence-electron chi connectivity index (χ0n) is 8.71. The van der Waals surface area contributed by atoms with Crippen molar-refractivity contribution in [3.05, 3.63) is 22.4 Å². The Kier molecular flexibility index (Phi) is 3.34. The van der Waals surface area contributed by atoms with Crippen LogP contribution in [0.3, 0.4) is 0 Å². The molecule has 6 heteroatoms. The summed E-state index contributed by atoms with van der Waals surface area (Å²) < 4.78 is 24.3. The first kappa shape index (κ1) is 12.0. The zero-order valence-corrected chi connectivity index (χ0v) is 11.2. The minimum Gasteiger partial charge on any atom is -0.388 e. The van der Waals surface area contributed by atoms with Crippen molar-refractivity contribution in [1.29, 1.82) is 0 Å². The summed E-state index contributed by atoms with van der Waals surface area (Å²) in [5.74, 6) is 0.0275. The molecule has 16 heavy (non-hydrogen) atoms. The van der Waals surface area contributed by atoms with E-state index in [0.29, 0.717) is 0 Å². The Balaban J connectivity index is 2.10. The van der Waals surface area contributed by atoms with Crippen LogP contribution in [0.2, 0.25) is 0 Å². The number of fused-ring (bicyclic) bond motifs is 1. The lowest BCUT2D eigenvalue weighted by Crippen LogP contribution is -2.07. The van der Waals surface area contributed by atoms with Gasteiger partial charge in [0.05, 0.1) is 11.9 Å². The van der Waals surface area contributed by atoms with Gasteiger partial charge in [0.25, 0.3) is 0 Å². The molecule has 0 radical (unpaired) electrons. The molecule has 2 heterocycles. The lowest BCUT2D eigenvalue weighted by atomic mass is 10.2. The van der Waals surface area contributed by atoms with Crippen LogP contribution in [-0.2, 0) is 9.84 Å². The van der Waals surface area contributed by atoms with Crippen LogP contribution in [0.4, 0.5) is 0 Å². The highest BCUT2D eigenvalue weighted by atomic mass is 32.2. The van der Waals surface area contributed by atoms with E-state index in [1.54, 1.807) is 11.3 Å². The second-order valence-electron chi connectivity index (χ2n) is 3.73. The van der Waals surface area contributed by atoms with E-state index >= 15 is 0 Å². The largest absolute Gasteiger partial charge is 0.388 e.